The highest BCUT2D eigenvalue weighted by atomic mass is 16.5. The van der Waals surface area contributed by atoms with Gasteiger partial charge in [-0.15, -0.1) is 0 Å². The first kappa shape index (κ1) is 17.6. The van der Waals surface area contributed by atoms with Crippen LogP contribution in [0.5, 0.6) is 0 Å². The van der Waals surface area contributed by atoms with Crippen molar-refractivity contribution in [3.63, 3.8) is 0 Å². The van der Waals surface area contributed by atoms with Gasteiger partial charge in [0.2, 0.25) is 11.8 Å². The molecule has 25 heavy (non-hydrogen) atoms. The first-order valence-corrected chi connectivity index (χ1v) is 8.62. The summed E-state index contributed by atoms with van der Waals surface area (Å²) in [6.45, 7) is 9.23. The Hall–Kier alpha value is -2.22. The molecule has 0 radical (unpaired) electrons. The van der Waals surface area contributed by atoms with Crippen molar-refractivity contribution in [2.24, 2.45) is 7.05 Å². The topological polar surface area (TPSA) is 89.1 Å². The fraction of sp³-hybridized carbons (Fsp3) is 0.647. The SMILES string of the molecule is Cc1nc([C@H]2CCCN2CC(=O)Nc2cc(C(C)(C)C)nn2C)no1. The van der Waals surface area contributed by atoms with Gasteiger partial charge in [-0.1, -0.05) is 25.9 Å². The van der Waals surface area contributed by atoms with Gasteiger partial charge in [0.1, 0.15) is 5.82 Å². The average molecular weight is 346 g/mol. The highest BCUT2D eigenvalue weighted by molar-refractivity contribution is 5.91. The summed E-state index contributed by atoms with van der Waals surface area (Å²) in [5.41, 5.74) is 0.892. The molecule has 0 saturated carbocycles. The van der Waals surface area contributed by atoms with Crippen molar-refractivity contribution >= 4 is 11.7 Å². The van der Waals surface area contributed by atoms with Crippen molar-refractivity contribution in [1.82, 2.24) is 24.8 Å². The molecule has 1 aliphatic heterocycles. The number of aromatic nitrogens is 4. The van der Waals surface area contributed by atoms with Crippen LogP contribution in [0.4, 0.5) is 5.82 Å². The maximum atomic E-state index is 12.5. The van der Waals surface area contributed by atoms with Crippen LogP contribution in [0, 0.1) is 6.92 Å². The first-order valence-electron chi connectivity index (χ1n) is 8.62. The zero-order chi connectivity index (χ0) is 18.2. The Kier molecular flexibility index (Phi) is 4.64. The third-order valence-corrected chi connectivity index (χ3v) is 4.47. The Morgan fingerprint density at radius 1 is 1.44 bits per heavy atom. The minimum Gasteiger partial charge on any atom is -0.340 e. The molecule has 3 heterocycles. The molecule has 1 saturated heterocycles. The highest BCUT2D eigenvalue weighted by Gasteiger charge is 2.31. The number of anilines is 1. The van der Waals surface area contributed by atoms with Crippen LogP contribution >= 0.6 is 0 Å². The lowest BCUT2D eigenvalue weighted by molar-refractivity contribution is -0.117. The summed E-state index contributed by atoms with van der Waals surface area (Å²) < 4.78 is 6.79. The molecule has 1 N–H and O–H groups in total. The Morgan fingerprint density at radius 3 is 2.80 bits per heavy atom. The van der Waals surface area contributed by atoms with Crippen LogP contribution < -0.4 is 5.32 Å². The van der Waals surface area contributed by atoms with E-state index >= 15 is 0 Å². The summed E-state index contributed by atoms with van der Waals surface area (Å²) in [6, 6.07) is 1.97. The summed E-state index contributed by atoms with van der Waals surface area (Å²) in [7, 11) is 1.84. The van der Waals surface area contributed by atoms with E-state index in [2.05, 4.69) is 46.2 Å². The van der Waals surface area contributed by atoms with Crippen molar-refractivity contribution in [1.29, 1.82) is 0 Å². The number of hydrogen-bond donors (Lipinski definition) is 1. The van der Waals surface area contributed by atoms with E-state index in [1.807, 2.05) is 13.1 Å². The lowest BCUT2D eigenvalue weighted by Gasteiger charge is -2.21. The molecule has 0 bridgehead atoms. The van der Waals surface area contributed by atoms with Gasteiger partial charge in [0, 0.05) is 25.5 Å². The monoisotopic (exact) mass is 346 g/mol. The molecular formula is C17H26N6O2. The summed E-state index contributed by atoms with van der Waals surface area (Å²) in [5, 5.41) is 11.5. The van der Waals surface area contributed by atoms with Crippen LogP contribution in [0.2, 0.25) is 0 Å². The largest absolute Gasteiger partial charge is 0.340 e. The van der Waals surface area contributed by atoms with Gasteiger partial charge in [0.25, 0.3) is 0 Å². The maximum Gasteiger partial charge on any atom is 0.239 e. The number of amides is 1. The molecule has 0 aliphatic carbocycles. The Labute approximate surface area is 147 Å². The Morgan fingerprint density at radius 2 is 2.20 bits per heavy atom. The molecule has 0 spiro atoms. The van der Waals surface area contributed by atoms with E-state index in [0.717, 1.165) is 25.1 Å². The molecule has 0 aromatic carbocycles. The average Bonchev–Trinajstić information content (AvgIpc) is 3.20. The van der Waals surface area contributed by atoms with E-state index in [9.17, 15) is 4.79 Å². The number of nitrogens with zero attached hydrogens (tertiary/aromatic N) is 5. The second-order valence-corrected chi connectivity index (χ2v) is 7.64. The summed E-state index contributed by atoms with van der Waals surface area (Å²) >= 11 is 0. The quantitative estimate of drug-likeness (QED) is 0.913. The normalized spacial score (nSPS) is 18.7. The van der Waals surface area contributed by atoms with Crippen LogP contribution in [-0.2, 0) is 17.3 Å². The highest BCUT2D eigenvalue weighted by Crippen LogP contribution is 2.30. The van der Waals surface area contributed by atoms with Gasteiger partial charge in [-0.3, -0.25) is 14.4 Å². The van der Waals surface area contributed by atoms with Crippen LogP contribution in [0.1, 0.15) is 57.1 Å². The number of carbonyl (C=O) groups excluding carboxylic acids is 1. The number of carbonyl (C=O) groups is 1. The van der Waals surface area contributed by atoms with Crippen LogP contribution in [-0.4, -0.2) is 43.8 Å². The molecule has 0 unspecified atom stereocenters. The van der Waals surface area contributed by atoms with E-state index in [1.54, 1.807) is 11.6 Å². The molecule has 136 valence electrons. The molecule has 3 rings (SSSR count). The van der Waals surface area contributed by atoms with Gasteiger partial charge in [-0.25, -0.2) is 0 Å². The molecule has 2 aromatic heterocycles. The van der Waals surface area contributed by atoms with Crippen molar-refractivity contribution in [2.45, 2.75) is 52.0 Å². The number of aryl methyl sites for hydroxylation is 2. The van der Waals surface area contributed by atoms with Crippen LogP contribution in [0.25, 0.3) is 0 Å². The molecule has 1 aliphatic rings. The third kappa shape index (κ3) is 3.89. The fourth-order valence-corrected chi connectivity index (χ4v) is 3.08. The third-order valence-electron chi connectivity index (χ3n) is 4.47. The summed E-state index contributed by atoms with van der Waals surface area (Å²) in [5.74, 6) is 1.87. The van der Waals surface area contributed by atoms with Gasteiger partial charge >= 0.3 is 0 Å². The van der Waals surface area contributed by atoms with Gasteiger partial charge in [-0.2, -0.15) is 10.1 Å². The van der Waals surface area contributed by atoms with Crippen molar-refractivity contribution in [3.8, 4) is 0 Å². The minimum atomic E-state index is -0.0597. The van der Waals surface area contributed by atoms with Gasteiger partial charge in [0.15, 0.2) is 5.82 Å². The number of likely N-dealkylation sites (tertiary alicyclic amines) is 1. The first-order chi connectivity index (χ1) is 11.7. The standard InChI is InChI=1S/C17H26N6O2/c1-11-18-16(21-25-11)12-7-6-8-23(12)10-15(24)19-14-9-13(17(2,3)4)20-22(14)5/h9,12H,6-8,10H2,1-5H3,(H,19,24)/t12-/m1/s1. The maximum absolute atomic E-state index is 12.5. The van der Waals surface area contributed by atoms with Crippen molar-refractivity contribution in [2.75, 3.05) is 18.4 Å². The molecular weight excluding hydrogens is 320 g/mol. The lowest BCUT2D eigenvalue weighted by Crippen LogP contribution is -2.33. The molecule has 1 fully saturated rings. The fourth-order valence-electron chi connectivity index (χ4n) is 3.08. The van der Waals surface area contributed by atoms with E-state index < -0.39 is 0 Å². The Bertz CT molecular complexity index is 758. The molecule has 8 heteroatoms. The van der Waals surface area contributed by atoms with Crippen molar-refractivity contribution in [3.05, 3.63) is 23.5 Å². The second kappa shape index (κ2) is 6.59. The van der Waals surface area contributed by atoms with Gasteiger partial charge < -0.3 is 9.84 Å². The van der Waals surface area contributed by atoms with Crippen molar-refractivity contribution < 1.29 is 9.32 Å². The van der Waals surface area contributed by atoms with Gasteiger partial charge in [0.05, 0.1) is 18.3 Å². The number of nitrogens with one attached hydrogen (secondary N) is 1. The van der Waals surface area contributed by atoms with E-state index in [0.29, 0.717) is 24.1 Å². The minimum absolute atomic E-state index is 0.0415. The number of hydrogen-bond acceptors (Lipinski definition) is 6. The van der Waals surface area contributed by atoms with E-state index in [4.69, 9.17) is 4.52 Å². The van der Waals surface area contributed by atoms with Gasteiger partial charge in [-0.05, 0) is 19.4 Å². The second-order valence-electron chi connectivity index (χ2n) is 7.64. The van der Waals surface area contributed by atoms with Crippen LogP contribution in [0.3, 0.4) is 0 Å². The zero-order valence-electron chi connectivity index (χ0n) is 15.5. The Balaban J connectivity index is 1.65. The zero-order valence-corrected chi connectivity index (χ0v) is 15.5. The smallest absolute Gasteiger partial charge is 0.239 e. The lowest BCUT2D eigenvalue weighted by atomic mass is 9.92. The predicted molar refractivity (Wildman–Crippen MR) is 93.1 cm³/mol. The van der Waals surface area contributed by atoms with E-state index in [1.165, 1.54) is 0 Å². The molecule has 8 nitrogen and oxygen atoms in total. The van der Waals surface area contributed by atoms with Crippen LogP contribution in [0.15, 0.2) is 10.6 Å². The number of rotatable bonds is 4. The molecule has 2 aromatic rings. The van der Waals surface area contributed by atoms with E-state index in [-0.39, 0.29) is 17.4 Å². The molecule has 1 amide bonds. The summed E-state index contributed by atoms with van der Waals surface area (Å²) in [6.07, 6.45) is 1.96. The summed E-state index contributed by atoms with van der Waals surface area (Å²) in [4.78, 5) is 18.9. The molecule has 1 atom stereocenters. The predicted octanol–water partition coefficient (Wildman–Crippen LogP) is 2.18.